The summed E-state index contributed by atoms with van der Waals surface area (Å²) in [4.78, 5) is 28.4. The van der Waals surface area contributed by atoms with E-state index in [9.17, 15) is 9.59 Å². The van der Waals surface area contributed by atoms with E-state index in [2.05, 4.69) is 15.4 Å². The fourth-order valence-electron chi connectivity index (χ4n) is 2.09. The topological polar surface area (TPSA) is 81.8 Å². The normalized spacial score (nSPS) is 10.8. The van der Waals surface area contributed by atoms with E-state index >= 15 is 0 Å². The van der Waals surface area contributed by atoms with E-state index in [4.69, 9.17) is 11.6 Å². The van der Waals surface area contributed by atoms with E-state index in [1.807, 2.05) is 0 Å². The first-order chi connectivity index (χ1) is 10.6. The number of hydrogen-bond donors (Lipinski definition) is 1. The molecule has 1 N–H and O–H groups in total. The summed E-state index contributed by atoms with van der Waals surface area (Å²) < 4.78 is 2.74. The number of fused-ring (bicyclic) bond motifs is 1. The number of carbonyl (C=O) groups is 1. The van der Waals surface area contributed by atoms with Crippen LogP contribution in [0.4, 0.5) is 5.69 Å². The lowest BCUT2D eigenvalue weighted by Gasteiger charge is -2.08. The standard InChI is InChI=1S/C14H12ClN5O2/c1-19-13-9(6-17-19)14(22)20(8-16-13)7-12(21)18-11-5-3-2-4-10(11)15/h2-6,8H,7H2,1H3,(H,18,21). The van der Waals surface area contributed by atoms with Crippen molar-refractivity contribution in [2.75, 3.05) is 5.32 Å². The van der Waals surface area contributed by atoms with Gasteiger partial charge in [0.15, 0.2) is 5.65 Å². The molecule has 0 spiro atoms. The van der Waals surface area contributed by atoms with Gasteiger partial charge in [0.2, 0.25) is 5.91 Å². The molecular weight excluding hydrogens is 306 g/mol. The summed E-state index contributed by atoms with van der Waals surface area (Å²) in [6, 6.07) is 6.89. The lowest BCUT2D eigenvalue weighted by atomic mass is 10.3. The van der Waals surface area contributed by atoms with Crippen LogP contribution in [0.5, 0.6) is 0 Å². The van der Waals surface area contributed by atoms with Gasteiger partial charge in [0.1, 0.15) is 18.3 Å². The molecule has 0 radical (unpaired) electrons. The van der Waals surface area contributed by atoms with Crippen LogP contribution in [0, 0.1) is 0 Å². The number of nitrogens with one attached hydrogen (secondary N) is 1. The third kappa shape index (κ3) is 2.58. The van der Waals surface area contributed by atoms with Gasteiger partial charge in [-0.3, -0.25) is 18.8 Å². The van der Waals surface area contributed by atoms with Gasteiger partial charge in [0.25, 0.3) is 5.56 Å². The molecule has 0 aliphatic rings. The summed E-state index contributed by atoms with van der Waals surface area (Å²) in [5.74, 6) is -0.361. The van der Waals surface area contributed by atoms with Gasteiger partial charge in [0, 0.05) is 7.05 Å². The van der Waals surface area contributed by atoms with Gasteiger partial charge in [-0.2, -0.15) is 5.10 Å². The Kier molecular flexibility index (Phi) is 3.64. The van der Waals surface area contributed by atoms with Gasteiger partial charge < -0.3 is 5.32 Å². The molecule has 22 heavy (non-hydrogen) atoms. The summed E-state index contributed by atoms with van der Waals surface area (Å²) in [7, 11) is 1.70. The fourth-order valence-corrected chi connectivity index (χ4v) is 2.27. The summed E-state index contributed by atoms with van der Waals surface area (Å²) in [6.45, 7) is -0.151. The van der Waals surface area contributed by atoms with Gasteiger partial charge in [-0.05, 0) is 12.1 Å². The van der Waals surface area contributed by atoms with Gasteiger partial charge in [-0.1, -0.05) is 23.7 Å². The highest BCUT2D eigenvalue weighted by molar-refractivity contribution is 6.33. The van der Waals surface area contributed by atoms with E-state index in [-0.39, 0.29) is 18.0 Å². The SMILES string of the molecule is Cn1ncc2c(=O)n(CC(=O)Nc3ccccc3Cl)cnc21. The number of anilines is 1. The van der Waals surface area contributed by atoms with Crippen LogP contribution in [0.2, 0.25) is 5.02 Å². The molecule has 3 aromatic rings. The third-order valence-electron chi connectivity index (χ3n) is 3.18. The first-order valence-corrected chi connectivity index (χ1v) is 6.85. The lowest BCUT2D eigenvalue weighted by Crippen LogP contribution is -2.27. The lowest BCUT2D eigenvalue weighted by molar-refractivity contribution is -0.116. The molecule has 1 amide bonds. The molecule has 0 aliphatic heterocycles. The number of aryl methyl sites for hydroxylation is 1. The predicted octanol–water partition coefficient (Wildman–Crippen LogP) is 1.42. The largest absolute Gasteiger partial charge is 0.323 e. The van der Waals surface area contributed by atoms with Crippen LogP contribution in [0.15, 0.2) is 41.6 Å². The highest BCUT2D eigenvalue weighted by Crippen LogP contribution is 2.20. The molecule has 7 nitrogen and oxygen atoms in total. The third-order valence-corrected chi connectivity index (χ3v) is 3.51. The molecule has 1 aromatic carbocycles. The average molecular weight is 318 g/mol. The minimum absolute atomic E-state index is 0.151. The van der Waals surface area contributed by atoms with Crippen LogP contribution in [0.25, 0.3) is 11.0 Å². The second kappa shape index (κ2) is 5.61. The van der Waals surface area contributed by atoms with Gasteiger partial charge in [-0.15, -0.1) is 0 Å². The smallest absolute Gasteiger partial charge is 0.264 e. The van der Waals surface area contributed by atoms with Crippen molar-refractivity contribution in [3.05, 3.63) is 52.2 Å². The maximum atomic E-state index is 12.3. The molecule has 112 valence electrons. The quantitative estimate of drug-likeness (QED) is 0.792. The van der Waals surface area contributed by atoms with Gasteiger partial charge >= 0.3 is 0 Å². The Labute approximate surface area is 130 Å². The molecular formula is C14H12ClN5O2. The molecule has 0 fully saturated rings. The highest BCUT2D eigenvalue weighted by Gasteiger charge is 2.11. The minimum Gasteiger partial charge on any atom is -0.323 e. The number of benzene rings is 1. The number of halogens is 1. The molecule has 3 rings (SSSR count). The van der Waals surface area contributed by atoms with Crippen LogP contribution in [-0.4, -0.2) is 25.2 Å². The number of hydrogen-bond acceptors (Lipinski definition) is 4. The minimum atomic E-state index is -0.361. The van der Waals surface area contributed by atoms with Crippen LogP contribution in [0.3, 0.4) is 0 Å². The molecule has 0 unspecified atom stereocenters. The van der Waals surface area contributed by atoms with Gasteiger partial charge in [-0.25, -0.2) is 4.98 Å². The van der Waals surface area contributed by atoms with E-state index in [0.29, 0.717) is 21.7 Å². The predicted molar refractivity (Wildman–Crippen MR) is 82.9 cm³/mol. The van der Waals surface area contributed by atoms with Crippen molar-refractivity contribution in [3.8, 4) is 0 Å². The van der Waals surface area contributed by atoms with E-state index in [1.165, 1.54) is 21.8 Å². The van der Waals surface area contributed by atoms with Crippen LogP contribution >= 0.6 is 11.6 Å². The first-order valence-electron chi connectivity index (χ1n) is 6.48. The Balaban J connectivity index is 1.84. The zero-order chi connectivity index (χ0) is 15.7. The molecule has 2 aromatic heterocycles. The maximum Gasteiger partial charge on any atom is 0.264 e. The van der Waals surface area contributed by atoms with Crippen molar-refractivity contribution >= 4 is 34.2 Å². The monoisotopic (exact) mass is 317 g/mol. The van der Waals surface area contributed by atoms with Crippen molar-refractivity contribution in [1.29, 1.82) is 0 Å². The number of para-hydroxylation sites is 1. The Morgan fingerprint density at radius 2 is 2.14 bits per heavy atom. The summed E-state index contributed by atoms with van der Waals surface area (Å²) in [5, 5.41) is 7.44. The maximum absolute atomic E-state index is 12.3. The van der Waals surface area contributed by atoms with Crippen molar-refractivity contribution < 1.29 is 4.79 Å². The number of carbonyl (C=O) groups excluding carboxylic acids is 1. The van der Waals surface area contributed by atoms with Crippen LogP contribution < -0.4 is 10.9 Å². The highest BCUT2D eigenvalue weighted by atomic mass is 35.5. The zero-order valence-electron chi connectivity index (χ0n) is 11.7. The second-order valence-electron chi connectivity index (χ2n) is 4.71. The van der Waals surface area contributed by atoms with Crippen LogP contribution in [-0.2, 0) is 18.4 Å². The average Bonchev–Trinajstić information content (AvgIpc) is 2.87. The van der Waals surface area contributed by atoms with E-state index in [1.54, 1.807) is 31.3 Å². The molecule has 0 saturated carbocycles. The Morgan fingerprint density at radius 3 is 2.91 bits per heavy atom. The summed E-state index contributed by atoms with van der Waals surface area (Å²) in [5.41, 5.74) is 0.665. The summed E-state index contributed by atoms with van der Waals surface area (Å²) >= 11 is 5.98. The zero-order valence-corrected chi connectivity index (χ0v) is 12.4. The number of aromatic nitrogens is 4. The molecule has 2 heterocycles. The number of nitrogens with zero attached hydrogens (tertiary/aromatic N) is 4. The number of amides is 1. The Bertz CT molecular complexity index is 915. The van der Waals surface area contributed by atoms with Crippen molar-refractivity contribution in [3.63, 3.8) is 0 Å². The van der Waals surface area contributed by atoms with Crippen molar-refractivity contribution in [1.82, 2.24) is 19.3 Å². The second-order valence-corrected chi connectivity index (χ2v) is 5.12. The Hall–Kier alpha value is -2.67. The van der Waals surface area contributed by atoms with E-state index in [0.717, 1.165) is 0 Å². The first kappa shape index (κ1) is 14.3. The molecule has 0 atom stereocenters. The van der Waals surface area contributed by atoms with Crippen molar-refractivity contribution in [2.24, 2.45) is 7.05 Å². The Morgan fingerprint density at radius 1 is 1.36 bits per heavy atom. The van der Waals surface area contributed by atoms with Crippen LogP contribution in [0.1, 0.15) is 0 Å². The summed E-state index contributed by atoms with van der Waals surface area (Å²) in [6.07, 6.45) is 2.77. The molecule has 0 saturated heterocycles. The van der Waals surface area contributed by atoms with Gasteiger partial charge in [0.05, 0.1) is 16.9 Å². The molecule has 0 aliphatic carbocycles. The number of rotatable bonds is 3. The molecule has 8 heteroatoms. The fraction of sp³-hybridized carbons (Fsp3) is 0.143. The molecule has 0 bridgehead atoms. The van der Waals surface area contributed by atoms with Crippen molar-refractivity contribution in [2.45, 2.75) is 6.54 Å². The van der Waals surface area contributed by atoms with E-state index < -0.39 is 0 Å².